The zero-order valence-corrected chi connectivity index (χ0v) is 22.7. The molecule has 5 rings (SSSR count). The van der Waals surface area contributed by atoms with Gasteiger partial charge in [0.05, 0.1) is 0 Å². The standard InChI is InChI=1S/C30H47N3O3/c1-3-5-7-9-14-31(15-10-8-6-4-2)30(34)33-16-11-12-24-21-32-17-13-23-18-28-29(36-22-35-28)19-25(23)27(32)20-26(24)33/h18-19,24,26-27H,3-17,20-22H2,1-2H3. The molecule has 0 bridgehead atoms. The van der Waals surface area contributed by atoms with Gasteiger partial charge in [0.15, 0.2) is 11.5 Å². The molecule has 0 saturated carbocycles. The number of fused-ring (bicyclic) bond motifs is 5. The van der Waals surface area contributed by atoms with Gasteiger partial charge < -0.3 is 19.3 Å². The quantitative estimate of drug-likeness (QED) is 0.352. The Labute approximate surface area is 218 Å². The Morgan fingerprint density at radius 3 is 2.42 bits per heavy atom. The lowest BCUT2D eigenvalue weighted by molar-refractivity contribution is -0.00152. The number of ether oxygens (including phenoxy) is 2. The van der Waals surface area contributed by atoms with Crippen LogP contribution in [0.15, 0.2) is 12.1 Å². The van der Waals surface area contributed by atoms with Crippen molar-refractivity contribution < 1.29 is 14.3 Å². The van der Waals surface area contributed by atoms with E-state index in [1.807, 2.05) is 0 Å². The zero-order chi connectivity index (χ0) is 24.9. The molecule has 0 radical (unpaired) electrons. The summed E-state index contributed by atoms with van der Waals surface area (Å²) in [5, 5.41) is 0. The average Bonchev–Trinajstić information content (AvgIpc) is 3.36. The SMILES string of the molecule is CCCCCCN(CCCCCC)C(=O)N1CCCC2CN3CCc4cc5c(cc4C3CC21)OCO5. The van der Waals surface area contributed by atoms with Crippen molar-refractivity contribution in [2.24, 2.45) is 5.92 Å². The molecular weight excluding hydrogens is 450 g/mol. The molecule has 4 aliphatic rings. The van der Waals surface area contributed by atoms with E-state index in [0.29, 0.717) is 30.8 Å². The predicted octanol–water partition coefficient (Wildman–Crippen LogP) is 6.38. The van der Waals surface area contributed by atoms with E-state index in [9.17, 15) is 4.79 Å². The van der Waals surface area contributed by atoms with Crippen LogP contribution in [0.5, 0.6) is 11.5 Å². The van der Waals surface area contributed by atoms with Gasteiger partial charge in [-0.2, -0.15) is 0 Å². The molecule has 4 aliphatic heterocycles. The molecule has 4 heterocycles. The summed E-state index contributed by atoms with van der Waals surface area (Å²) >= 11 is 0. The number of rotatable bonds is 10. The van der Waals surface area contributed by atoms with Crippen molar-refractivity contribution in [2.45, 2.75) is 103 Å². The molecule has 3 unspecified atom stereocenters. The van der Waals surface area contributed by atoms with Gasteiger partial charge in [0, 0.05) is 44.8 Å². The van der Waals surface area contributed by atoms with E-state index >= 15 is 0 Å². The summed E-state index contributed by atoms with van der Waals surface area (Å²) in [6.07, 6.45) is 14.2. The van der Waals surface area contributed by atoms with Gasteiger partial charge in [0.1, 0.15) is 0 Å². The van der Waals surface area contributed by atoms with Crippen molar-refractivity contribution in [3.8, 4) is 11.5 Å². The van der Waals surface area contributed by atoms with Crippen LogP contribution in [-0.4, -0.2) is 66.3 Å². The van der Waals surface area contributed by atoms with Crippen LogP contribution in [0, 0.1) is 5.92 Å². The van der Waals surface area contributed by atoms with Crippen LogP contribution in [-0.2, 0) is 6.42 Å². The number of unbranched alkanes of at least 4 members (excludes halogenated alkanes) is 6. The monoisotopic (exact) mass is 497 g/mol. The molecule has 1 aromatic rings. The van der Waals surface area contributed by atoms with E-state index in [1.54, 1.807) is 0 Å². The maximum absolute atomic E-state index is 14.0. The number of carbonyl (C=O) groups is 1. The lowest BCUT2D eigenvalue weighted by atomic mass is 9.76. The van der Waals surface area contributed by atoms with Crippen molar-refractivity contribution in [1.82, 2.24) is 14.7 Å². The Hall–Kier alpha value is -1.95. The first-order valence-corrected chi connectivity index (χ1v) is 14.9. The second kappa shape index (κ2) is 12.1. The minimum absolute atomic E-state index is 0.313. The number of nitrogens with zero attached hydrogens (tertiary/aromatic N) is 3. The normalized spacial score (nSPS) is 24.7. The fourth-order valence-corrected chi connectivity index (χ4v) is 7.02. The van der Waals surface area contributed by atoms with E-state index in [-0.39, 0.29) is 0 Å². The van der Waals surface area contributed by atoms with Gasteiger partial charge in [-0.3, -0.25) is 4.90 Å². The number of carbonyl (C=O) groups excluding carboxylic acids is 1. The molecule has 0 N–H and O–H groups in total. The Bertz CT molecular complexity index is 878. The van der Waals surface area contributed by atoms with Crippen molar-refractivity contribution in [3.05, 3.63) is 23.3 Å². The summed E-state index contributed by atoms with van der Waals surface area (Å²) in [4.78, 5) is 21.2. The Morgan fingerprint density at radius 2 is 1.69 bits per heavy atom. The number of benzene rings is 1. The van der Waals surface area contributed by atoms with Gasteiger partial charge in [0.2, 0.25) is 6.79 Å². The largest absolute Gasteiger partial charge is 0.454 e. The molecule has 200 valence electrons. The van der Waals surface area contributed by atoms with Gasteiger partial charge in [-0.25, -0.2) is 4.79 Å². The van der Waals surface area contributed by atoms with Crippen LogP contribution in [0.3, 0.4) is 0 Å². The summed E-state index contributed by atoms with van der Waals surface area (Å²) in [7, 11) is 0. The van der Waals surface area contributed by atoms with Gasteiger partial charge in [-0.05, 0) is 67.7 Å². The molecule has 2 fully saturated rings. The van der Waals surface area contributed by atoms with Crippen LogP contribution in [0.2, 0.25) is 0 Å². The number of urea groups is 1. The van der Waals surface area contributed by atoms with Crippen LogP contribution in [0.1, 0.15) is 102 Å². The fraction of sp³-hybridized carbons (Fsp3) is 0.767. The van der Waals surface area contributed by atoms with Crippen molar-refractivity contribution >= 4 is 6.03 Å². The zero-order valence-electron chi connectivity index (χ0n) is 22.7. The van der Waals surface area contributed by atoms with Gasteiger partial charge in [0.25, 0.3) is 0 Å². The van der Waals surface area contributed by atoms with Crippen molar-refractivity contribution in [2.75, 3.05) is 39.5 Å². The summed E-state index contributed by atoms with van der Waals surface area (Å²) in [6, 6.07) is 5.47. The highest BCUT2D eigenvalue weighted by atomic mass is 16.7. The Balaban J connectivity index is 1.31. The molecule has 36 heavy (non-hydrogen) atoms. The highest BCUT2D eigenvalue weighted by Gasteiger charge is 2.45. The molecule has 0 aromatic heterocycles. The van der Waals surface area contributed by atoms with E-state index in [1.165, 1.54) is 56.1 Å². The lowest BCUT2D eigenvalue weighted by Crippen LogP contribution is -2.59. The molecule has 3 atom stereocenters. The smallest absolute Gasteiger partial charge is 0.320 e. The molecular formula is C30H47N3O3. The molecule has 1 aromatic carbocycles. The topological polar surface area (TPSA) is 45.3 Å². The highest BCUT2D eigenvalue weighted by molar-refractivity contribution is 5.75. The minimum atomic E-state index is 0.313. The second-order valence-corrected chi connectivity index (χ2v) is 11.5. The van der Waals surface area contributed by atoms with Gasteiger partial charge in [-0.15, -0.1) is 0 Å². The predicted molar refractivity (Wildman–Crippen MR) is 144 cm³/mol. The first-order chi connectivity index (χ1) is 17.7. The Kier molecular flexibility index (Phi) is 8.61. The third-order valence-corrected chi connectivity index (χ3v) is 9.03. The summed E-state index contributed by atoms with van der Waals surface area (Å²) < 4.78 is 11.4. The first-order valence-electron chi connectivity index (χ1n) is 14.9. The van der Waals surface area contributed by atoms with Gasteiger partial charge >= 0.3 is 6.03 Å². The average molecular weight is 498 g/mol. The summed E-state index contributed by atoms with van der Waals surface area (Å²) in [5.41, 5.74) is 2.80. The van der Waals surface area contributed by atoms with Crippen molar-refractivity contribution in [3.63, 3.8) is 0 Å². The van der Waals surface area contributed by atoms with Crippen LogP contribution >= 0.6 is 0 Å². The van der Waals surface area contributed by atoms with Crippen LogP contribution < -0.4 is 9.47 Å². The second-order valence-electron chi connectivity index (χ2n) is 11.5. The molecule has 0 spiro atoms. The molecule has 6 heteroatoms. The van der Waals surface area contributed by atoms with Gasteiger partial charge in [-0.1, -0.05) is 52.4 Å². The summed E-state index contributed by atoms with van der Waals surface area (Å²) in [6.45, 7) is 9.80. The maximum atomic E-state index is 14.0. The third-order valence-electron chi connectivity index (χ3n) is 9.03. The molecule has 0 aliphatic carbocycles. The molecule has 2 amide bonds. The van der Waals surface area contributed by atoms with Crippen molar-refractivity contribution in [1.29, 1.82) is 0 Å². The molecule has 2 saturated heterocycles. The lowest BCUT2D eigenvalue weighted by Gasteiger charge is -2.53. The number of hydrogen-bond donors (Lipinski definition) is 0. The van der Waals surface area contributed by atoms with E-state index in [0.717, 1.165) is 76.3 Å². The summed E-state index contributed by atoms with van der Waals surface area (Å²) in [5.74, 6) is 2.38. The van der Waals surface area contributed by atoms with E-state index in [2.05, 4.69) is 40.7 Å². The maximum Gasteiger partial charge on any atom is 0.320 e. The van der Waals surface area contributed by atoms with E-state index in [4.69, 9.17) is 9.47 Å². The Morgan fingerprint density at radius 1 is 0.972 bits per heavy atom. The minimum Gasteiger partial charge on any atom is -0.454 e. The number of hydrogen-bond acceptors (Lipinski definition) is 4. The number of likely N-dealkylation sites (tertiary alicyclic amines) is 1. The molecule has 6 nitrogen and oxygen atoms in total. The highest BCUT2D eigenvalue weighted by Crippen LogP contribution is 2.46. The van der Waals surface area contributed by atoms with E-state index < -0.39 is 0 Å². The first kappa shape index (κ1) is 25.7. The van der Waals surface area contributed by atoms with Crippen LogP contribution in [0.25, 0.3) is 0 Å². The number of amides is 2. The van der Waals surface area contributed by atoms with Crippen LogP contribution in [0.4, 0.5) is 4.79 Å². The fourth-order valence-electron chi connectivity index (χ4n) is 7.02. The third kappa shape index (κ3) is 5.49. The number of piperidine rings is 2.